The SMILES string of the molecule is Brc1cc(N(c2ccccc2)c2cccc3ccccc23)cc(N(c2ccc(-c3ccc4oc5ccccc5c4c3)cc2)c2cccc3ccccc23)c1.Brc1cc(N(c2ccccc2)c2ccccc2)cc(N(c2ccc(-c3ccccc3)cc2)c2ccc3c(c2)oc2ccccc23)c1.Brc1cc(N(c2ccccc2)c2ccccc2)cc(N(c2ccccc2)c2ccc3c(c2)oc2ccccc23)c1. The fraction of sp³-hybridized carbons (Fsp3) is 0. The number of nitrogens with zero attached hydrogens (tertiary/aromatic N) is 6. The Bertz CT molecular complexity index is 8670. The first-order chi connectivity index (χ1) is 69.1. The molecular formula is C128H87Br3N6O3. The molecule has 0 unspecified atom stereocenters. The zero-order valence-electron chi connectivity index (χ0n) is 75.8. The first kappa shape index (κ1) is 87.1. The van der Waals surface area contributed by atoms with E-state index in [-0.39, 0.29) is 0 Å². The van der Waals surface area contributed by atoms with Crippen molar-refractivity contribution >= 4 is 238 Å². The molecule has 0 saturated carbocycles. The quantitative estimate of drug-likeness (QED) is 0.0743. The second kappa shape index (κ2) is 39.0. The van der Waals surface area contributed by atoms with Crippen LogP contribution in [0.15, 0.2) is 554 Å². The van der Waals surface area contributed by atoms with E-state index >= 15 is 0 Å². The summed E-state index contributed by atoms with van der Waals surface area (Å²) in [7, 11) is 0. The van der Waals surface area contributed by atoms with E-state index in [1.165, 1.54) is 32.7 Å². The van der Waals surface area contributed by atoms with Crippen LogP contribution < -0.4 is 29.4 Å². The Morgan fingerprint density at radius 3 is 0.736 bits per heavy atom. The van der Waals surface area contributed by atoms with Crippen molar-refractivity contribution in [2.24, 2.45) is 0 Å². The van der Waals surface area contributed by atoms with Crippen LogP contribution in [0.2, 0.25) is 0 Å². The molecule has 0 aliphatic rings. The van der Waals surface area contributed by atoms with Gasteiger partial charge in [0, 0.05) is 160 Å². The van der Waals surface area contributed by atoms with Crippen LogP contribution in [0, 0.1) is 0 Å². The first-order valence-corrected chi connectivity index (χ1v) is 49.0. The number of furan rings is 3. The molecule has 3 heterocycles. The summed E-state index contributed by atoms with van der Waals surface area (Å²) in [6.45, 7) is 0. The molecule has 0 radical (unpaired) electrons. The highest BCUT2D eigenvalue weighted by Crippen LogP contribution is 2.51. The number of halogens is 3. The van der Waals surface area contributed by atoms with E-state index in [0.717, 1.165) is 193 Å². The molecule has 0 N–H and O–H groups in total. The Kier molecular flexibility index (Phi) is 24.3. The third-order valence-electron chi connectivity index (χ3n) is 25.6. The molecule has 9 nitrogen and oxygen atoms in total. The molecule has 3 aromatic heterocycles. The molecule has 22 aromatic carbocycles. The van der Waals surface area contributed by atoms with Gasteiger partial charge in [-0.15, -0.1) is 0 Å². The van der Waals surface area contributed by atoms with Gasteiger partial charge in [-0.2, -0.15) is 0 Å². The maximum atomic E-state index is 6.35. The highest BCUT2D eigenvalue weighted by atomic mass is 79.9. The Morgan fingerprint density at radius 2 is 0.364 bits per heavy atom. The van der Waals surface area contributed by atoms with Crippen molar-refractivity contribution in [3.8, 4) is 22.3 Å². The molecule has 12 heteroatoms. The largest absolute Gasteiger partial charge is 0.456 e. The highest BCUT2D eigenvalue weighted by Gasteiger charge is 2.27. The summed E-state index contributed by atoms with van der Waals surface area (Å²) in [4.78, 5) is 13.9. The Morgan fingerprint density at radius 1 is 0.129 bits per heavy atom. The summed E-state index contributed by atoms with van der Waals surface area (Å²) < 4.78 is 21.7. The average Bonchev–Trinajstić information content (AvgIpc) is 1.52. The molecule has 0 bridgehead atoms. The van der Waals surface area contributed by atoms with Gasteiger partial charge in [-0.3, -0.25) is 0 Å². The zero-order chi connectivity index (χ0) is 93.8. The molecule has 0 aliphatic heterocycles. The first-order valence-electron chi connectivity index (χ1n) is 46.6. The minimum absolute atomic E-state index is 0.857. The summed E-state index contributed by atoms with van der Waals surface area (Å²) >= 11 is 11.7. The highest BCUT2D eigenvalue weighted by molar-refractivity contribution is 9.11. The molecule has 0 atom stereocenters. The number of fused-ring (bicyclic) bond motifs is 11. The molecule has 0 spiro atoms. The van der Waals surface area contributed by atoms with E-state index in [2.05, 4.69) is 532 Å². The third kappa shape index (κ3) is 17.8. The third-order valence-corrected chi connectivity index (χ3v) is 26.9. The summed E-state index contributed by atoms with van der Waals surface area (Å²) in [5, 5.41) is 11.5. The second-order valence-electron chi connectivity index (χ2n) is 34.4. The van der Waals surface area contributed by atoms with Crippen LogP contribution in [-0.2, 0) is 0 Å². The molecule has 0 amide bonds. The van der Waals surface area contributed by atoms with Gasteiger partial charge < -0.3 is 42.7 Å². The van der Waals surface area contributed by atoms with Crippen molar-refractivity contribution in [1.29, 1.82) is 0 Å². The monoisotopic (exact) mass is 1990 g/mol. The van der Waals surface area contributed by atoms with Gasteiger partial charge in [-0.05, 0) is 251 Å². The van der Waals surface area contributed by atoms with Gasteiger partial charge >= 0.3 is 0 Å². The average molecular weight is 2000 g/mol. The van der Waals surface area contributed by atoms with Crippen molar-refractivity contribution in [2.75, 3.05) is 29.4 Å². The molecule has 25 rings (SSSR count). The Hall–Kier alpha value is -17.0. The molecule has 0 saturated heterocycles. The lowest BCUT2D eigenvalue weighted by atomic mass is 10.0. The summed E-state index contributed by atoms with van der Waals surface area (Å²) in [6.07, 6.45) is 0. The lowest BCUT2D eigenvalue weighted by Gasteiger charge is -2.31. The summed E-state index contributed by atoms with van der Waals surface area (Å²) in [5.74, 6) is 0. The van der Waals surface area contributed by atoms with Gasteiger partial charge in [-0.25, -0.2) is 0 Å². The van der Waals surface area contributed by atoms with Crippen molar-refractivity contribution in [3.05, 3.63) is 541 Å². The molecule has 0 fully saturated rings. The van der Waals surface area contributed by atoms with E-state index in [0.29, 0.717) is 0 Å². The molecular weight excluding hydrogens is 1910 g/mol. The fourth-order valence-electron chi connectivity index (χ4n) is 19.2. The smallest absolute Gasteiger partial charge is 0.137 e. The maximum absolute atomic E-state index is 6.35. The van der Waals surface area contributed by atoms with E-state index < -0.39 is 0 Å². The number of hydrogen-bond acceptors (Lipinski definition) is 9. The summed E-state index contributed by atoms with van der Waals surface area (Å²) in [6, 6.07) is 185. The van der Waals surface area contributed by atoms with Gasteiger partial charge in [-0.1, -0.05) is 345 Å². The standard InChI is InChI=1S/C50H33BrN2O.C42H29BrN2O.C36H25BrN2O/c51-38-31-41(52(39-16-2-1-3-17-39)47-21-10-14-35-12-4-6-18-43(35)47)33-42(32-38)53(48-22-11-15-36-13-5-7-19-44(36)48)40-27-24-34(25-28-40)37-26-29-50-46(30-37)45-20-8-9-23-49(45)54-50;43-32-26-37(44(33-14-6-2-7-15-33)34-16-8-3-9-17-34)28-38(27-32)45(35-22-20-31(21-23-35)30-12-4-1-5-13-30)36-24-25-40-39-18-10-11-19-41(39)46-42(40)29-36;37-26-22-31(38(27-12-4-1-5-13-27)28-14-6-2-7-15-28)24-32(23-26)39(29-16-8-3-9-17-29)30-20-21-34-33-18-10-11-19-35(33)40-36(34)25-30/h1-33H;1-29H;1-25H. The molecule has 0 aliphatic carbocycles. The van der Waals surface area contributed by atoms with Crippen molar-refractivity contribution in [1.82, 2.24) is 0 Å². The lowest BCUT2D eigenvalue weighted by Crippen LogP contribution is -2.14. The van der Waals surface area contributed by atoms with Crippen LogP contribution in [0.25, 0.3) is 110 Å². The van der Waals surface area contributed by atoms with Crippen LogP contribution in [0.5, 0.6) is 0 Å². The lowest BCUT2D eigenvalue weighted by molar-refractivity contribution is 0.668. The van der Waals surface area contributed by atoms with Gasteiger partial charge in [0.1, 0.15) is 33.5 Å². The number of benzene rings is 22. The minimum Gasteiger partial charge on any atom is -0.456 e. The molecule has 25 aromatic rings. The van der Waals surface area contributed by atoms with E-state index in [4.69, 9.17) is 13.3 Å². The molecule has 140 heavy (non-hydrogen) atoms. The van der Waals surface area contributed by atoms with E-state index in [1.807, 2.05) is 72.8 Å². The zero-order valence-corrected chi connectivity index (χ0v) is 80.5. The van der Waals surface area contributed by atoms with Crippen molar-refractivity contribution in [2.45, 2.75) is 0 Å². The summed E-state index contributed by atoms with van der Waals surface area (Å²) in [5.41, 5.74) is 29.0. The van der Waals surface area contributed by atoms with Crippen LogP contribution in [0.3, 0.4) is 0 Å². The number of anilines is 18. The van der Waals surface area contributed by atoms with Gasteiger partial charge in [0.25, 0.3) is 0 Å². The van der Waals surface area contributed by atoms with Crippen LogP contribution in [0.1, 0.15) is 0 Å². The maximum Gasteiger partial charge on any atom is 0.137 e. The Balaban J connectivity index is 0.000000119. The number of para-hydroxylation sites is 9. The van der Waals surface area contributed by atoms with Crippen molar-refractivity contribution < 1.29 is 13.3 Å². The van der Waals surface area contributed by atoms with Crippen LogP contribution >= 0.6 is 47.8 Å². The second-order valence-corrected chi connectivity index (χ2v) is 37.1. The topological polar surface area (TPSA) is 58.9 Å². The van der Waals surface area contributed by atoms with Gasteiger partial charge in [0.05, 0.1) is 11.4 Å². The molecule has 668 valence electrons. The number of hydrogen-bond donors (Lipinski definition) is 0. The van der Waals surface area contributed by atoms with E-state index in [9.17, 15) is 0 Å². The minimum atomic E-state index is 0.857. The normalized spacial score (nSPS) is 11.2. The predicted molar refractivity (Wildman–Crippen MR) is 598 cm³/mol. The number of rotatable bonds is 20. The van der Waals surface area contributed by atoms with Gasteiger partial charge in [0.2, 0.25) is 0 Å². The predicted octanol–water partition coefficient (Wildman–Crippen LogP) is 39.5. The van der Waals surface area contributed by atoms with Crippen LogP contribution in [0.4, 0.5) is 102 Å². The van der Waals surface area contributed by atoms with Crippen molar-refractivity contribution in [3.63, 3.8) is 0 Å². The van der Waals surface area contributed by atoms with Gasteiger partial charge in [0.15, 0.2) is 0 Å². The van der Waals surface area contributed by atoms with E-state index in [1.54, 1.807) is 0 Å². The fourth-order valence-corrected chi connectivity index (χ4v) is 20.6. The Labute approximate surface area is 836 Å². The van der Waals surface area contributed by atoms with Crippen LogP contribution in [-0.4, -0.2) is 0 Å².